The zero-order valence-corrected chi connectivity index (χ0v) is 15.8. The molecule has 4 nitrogen and oxygen atoms in total. The number of unbranched alkanes of at least 4 members (excludes halogenated alkanes) is 1. The largest absolute Gasteiger partial charge is 0.357 e. The molecular weight excluding hydrogens is 338 g/mol. The Labute approximate surface area is 153 Å². The number of amides is 1. The molecule has 1 amide bonds. The molecule has 132 valence electrons. The van der Waals surface area contributed by atoms with Crippen molar-refractivity contribution in [3.63, 3.8) is 0 Å². The lowest BCUT2D eigenvalue weighted by Gasteiger charge is -2.16. The first-order valence-electron chi connectivity index (χ1n) is 9.06. The summed E-state index contributed by atoms with van der Waals surface area (Å²) in [7, 11) is 4.01. The number of anilines is 1. The number of hydrogen-bond acceptors (Lipinski definition) is 5. The van der Waals surface area contributed by atoms with Crippen LogP contribution in [0, 0.1) is 0 Å². The van der Waals surface area contributed by atoms with Crippen molar-refractivity contribution in [2.45, 2.75) is 56.7 Å². The first-order chi connectivity index (χ1) is 11.8. The standard InChI is InChI=1S/C18H27N3OS2/c22-18(6-2-1-5-16-9-12-23-24-16)20-14-15-7-8-17(19-13-15)21-10-3-4-11-21/h7-8,13,16H,1-6,9-12,14H2,(H,20,22). The van der Waals surface area contributed by atoms with Gasteiger partial charge >= 0.3 is 0 Å². The van der Waals surface area contributed by atoms with Crippen LogP contribution in [-0.2, 0) is 11.3 Å². The fourth-order valence-corrected chi connectivity index (χ4v) is 6.19. The van der Waals surface area contributed by atoms with Crippen LogP contribution in [0.1, 0.15) is 50.5 Å². The fraction of sp³-hybridized carbons (Fsp3) is 0.667. The maximum Gasteiger partial charge on any atom is 0.220 e. The quantitative estimate of drug-likeness (QED) is 0.557. The van der Waals surface area contributed by atoms with Gasteiger partial charge in [0.2, 0.25) is 5.91 Å². The summed E-state index contributed by atoms with van der Waals surface area (Å²) in [5.41, 5.74) is 1.07. The van der Waals surface area contributed by atoms with Gasteiger partial charge in [-0.3, -0.25) is 4.79 Å². The van der Waals surface area contributed by atoms with E-state index in [1.165, 1.54) is 31.4 Å². The molecule has 1 aromatic heterocycles. The van der Waals surface area contributed by atoms with E-state index in [0.29, 0.717) is 13.0 Å². The number of aromatic nitrogens is 1. The zero-order valence-electron chi connectivity index (χ0n) is 14.2. The molecule has 1 aromatic rings. The minimum atomic E-state index is 0.159. The Balaban J connectivity index is 1.30. The van der Waals surface area contributed by atoms with Gasteiger partial charge in [-0.25, -0.2) is 4.98 Å². The van der Waals surface area contributed by atoms with Crippen LogP contribution in [0.15, 0.2) is 18.3 Å². The van der Waals surface area contributed by atoms with Crippen LogP contribution in [0.25, 0.3) is 0 Å². The summed E-state index contributed by atoms with van der Waals surface area (Å²) >= 11 is 0. The maximum absolute atomic E-state index is 11.9. The molecular formula is C18H27N3OS2. The summed E-state index contributed by atoms with van der Waals surface area (Å²) in [5.74, 6) is 2.51. The van der Waals surface area contributed by atoms with Gasteiger partial charge in [-0.2, -0.15) is 0 Å². The van der Waals surface area contributed by atoms with E-state index in [9.17, 15) is 4.79 Å². The summed E-state index contributed by atoms with van der Waals surface area (Å²) in [6.45, 7) is 2.81. The van der Waals surface area contributed by atoms with Crippen molar-refractivity contribution in [1.29, 1.82) is 0 Å². The summed E-state index contributed by atoms with van der Waals surface area (Å²) in [4.78, 5) is 18.8. The Morgan fingerprint density at radius 2 is 2.17 bits per heavy atom. The fourth-order valence-electron chi connectivity index (χ4n) is 3.17. The van der Waals surface area contributed by atoms with Crippen molar-refractivity contribution in [3.05, 3.63) is 23.9 Å². The van der Waals surface area contributed by atoms with Crippen molar-refractivity contribution in [3.8, 4) is 0 Å². The van der Waals surface area contributed by atoms with E-state index >= 15 is 0 Å². The van der Waals surface area contributed by atoms with E-state index < -0.39 is 0 Å². The zero-order chi connectivity index (χ0) is 16.6. The molecule has 1 unspecified atom stereocenters. The number of pyridine rings is 1. The van der Waals surface area contributed by atoms with Crippen molar-refractivity contribution in [2.75, 3.05) is 23.7 Å². The van der Waals surface area contributed by atoms with Gasteiger partial charge in [0, 0.05) is 43.3 Å². The van der Waals surface area contributed by atoms with Crippen LogP contribution in [0.5, 0.6) is 0 Å². The molecule has 0 saturated carbocycles. The Hall–Kier alpha value is -0.880. The van der Waals surface area contributed by atoms with Crippen LogP contribution in [0.3, 0.4) is 0 Å². The molecule has 3 heterocycles. The van der Waals surface area contributed by atoms with Crippen LogP contribution in [0.4, 0.5) is 5.82 Å². The smallest absolute Gasteiger partial charge is 0.220 e. The van der Waals surface area contributed by atoms with E-state index in [1.54, 1.807) is 0 Å². The third-order valence-corrected chi connectivity index (χ3v) is 7.64. The van der Waals surface area contributed by atoms with Gasteiger partial charge in [-0.1, -0.05) is 34.1 Å². The molecule has 2 saturated heterocycles. The van der Waals surface area contributed by atoms with E-state index in [0.717, 1.165) is 42.6 Å². The number of hydrogen-bond donors (Lipinski definition) is 1. The topological polar surface area (TPSA) is 45.2 Å². The Morgan fingerprint density at radius 3 is 2.88 bits per heavy atom. The van der Waals surface area contributed by atoms with E-state index in [4.69, 9.17) is 0 Å². The van der Waals surface area contributed by atoms with Gasteiger partial charge in [0.25, 0.3) is 0 Å². The summed E-state index contributed by atoms with van der Waals surface area (Å²) in [6.07, 6.45) is 9.81. The van der Waals surface area contributed by atoms with Crippen molar-refractivity contribution in [1.82, 2.24) is 10.3 Å². The SMILES string of the molecule is O=C(CCCCC1CCSS1)NCc1ccc(N2CCCC2)nc1. The van der Waals surface area contributed by atoms with E-state index in [1.807, 2.05) is 27.8 Å². The molecule has 6 heteroatoms. The molecule has 0 radical (unpaired) electrons. The maximum atomic E-state index is 11.9. The lowest BCUT2D eigenvalue weighted by molar-refractivity contribution is -0.121. The molecule has 1 N–H and O–H groups in total. The van der Waals surface area contributed by atoms with Crippen LogP contribution >= 0.6 is 21.6 Å². The molecule has 0 aromatic carbocycles. The number of carbonyl (C=O) groups is 1. The second kappa shape index (κ2) is 9.56. The van der Waals surface area contributed by atoms with Gasteiger partial charge in [-0.05, 0) is 43.7 Å². The second-order valence-corrected chi connectivity index (χ2v) is 9.36. The average Bonchev–Trinajstić information content (AvgIpc) is 3.31. The van der Waals surface area contributed by atoms with Gasteiger partial charge in [0.05, 0.1) is 0 Å². The highest BCUT2D eigenvalue weighted by atomic mass is 33.1. The third kappa shape index (κ3) is 5.59. The van der Waals surface area contributed by atoms with Gasteiger partial charge < -0.3 is 10.2 Å². The normalized spacial score (nSPS) is 20.5. The molecule has 0 spiro atoms. The monoisotopic (exact) mass is 365 g/mol. The van der Waals surface area contributed by atoms with Crippen LogP contribution < -0.4 is 10.2 Å². The number of nitrogens with one attached hydrogen (secondary N) is 1. The van der Waals surface area contributed by atoms with Gasteiger partial charge in [0.15, 0.2) is 0 Å². The number of rotatable bonds is 8. The van der Waals surface area contributed by atoms with Crippen LogP contribution in [-0.4, -0.2) is 35.0 Å². The molecule has 2 aliphatic heterocycles. The number of carbonyl (C=O) groups excluding carboxylic acids is 1. The van der Waals surface area contributed by atoms with Gasteiger partial charge in [-0.15, -0.1) is 0 Å². The highest BCUT2D eigenvalue weighted by Gasteiger charge is 2.16. The molecule has 1 atom stereocenters. The second-order valence-electron chi connectivity index (χ2n) is 6.57. The Bertz CT molecular complexity index is 512. The minimum absolute atomic E-state index is 0.159. The van der Waals surface area contributed by atoms with Gasteiger partial charge in [0.1, 0.15) is 5.82 Å². The Morgan fingerprint density at radius 1 is 1.29 bits per heavy atom. The highest BCUT2D eigenvalue weighted by molar-refractivity contribution is 8.77. The first kappa shape index (κ1) is 17.9. The Kier molecular flexibility index (Phi) is 7.14. The van der Waals surface area contributed by atoms with E-state index in [2.05, 4.69) is 27.3 Å². The minimum Gasteiger partial charge on any atom is -0.357 e. The third-order valence-electron chi connectivity index (χ3n) is 4.64. The first-order valence-corrected chi connectivity index (χ1v) is 11.4. The van der Waals surface area contributed by atoms with Crippen molar-refractivity contribution < 1.29 is 4.79 Å². The lowest BCUT2D eigenvalue weighted by Crippen LogP contribution is -2.23. The molecule has 24 heavy (non-hydrogen) atoms. The van der Waals surface area contributed by atoms with Crippen molar-refractivity contribution >= 4 is 33.3 Å². The predicted molar refractivity (Wildman–Crippen MR) is 104 cm³/mol. The summed E-state index contributed by atoms with van der Waals surface area (Å²) in [6, 6.07) is 4.15. The highest BCUT2D eigenvalue weighted by Crippen LogP contribution is 2.39. The molecule has 0 aliphatic carbocycles. The summed E-state index contributed by atoms with van der Waals surface area (Å²) in [5, 5.41) is 3.83. The average molecular weight is 366 g/mol. The van der Waals surface area contributed by atoms with Crippen molar-refractivity contribution in [2.24, 2.45) is 0 Å². The molecule has 2 aliphatic rings. The molecule has 0 bridgehead atoms. The molecule has 3 rings (SSSR count). The molecule has 2 fully saturated rings. The number of nitrogens with zero attached hydrogens (tertiary/aromatic N) is 2. The van der Waals surface area contributed by atoms with Crippen LogP contribution in [0.2, 0.25) is 0 Å². The predicted octanol–water partition coefficient (Wildman–Crippen LogP) is 4.01. The lowest BCUT2D eigenvalue weighted by atomic mass is 10.1. The summed E-state index contributed by atoms with van der Waals surface area (Å²) < 4.78 is 0. The van der Waals surface area contributed by atoms with E-state index in [-0.39, 0.29) is 5.91 Å².